The van der Waals surface area contributed by atoms with Gasteiger partial charge in [0.05, 0.1) is 12.7 Å². The fourth-order valence-electron chi connectivity index (χ4n) is 4.08. The molecular weight excluding hydrogens is 382 g/mol. The summed E-state index contributed by atoms with van der Waals surface area (Å²) in [5.74, 6) is -0.708. The molecule has 2 aromatic rings. The lowest BCUT2D eigenvalue weighted by atomic mass is 9.86. The molecular formula is C24H31NO5. The third kappa shape index (κ3) is 6.05. The zero-order valence-electron chi connectivity index (χ0n) is 17.2. The minimum atomic E-state index is -0.739. The topological polar surface area (TPSA) is 110 Å². The van der Waals surface area contributed by atoms with Crippen LogP contribution < -0.4 is 5.32 Å². The second kappa shape index (κ2) is 10.6. The number of aryl methyl sites for hydroxylation is 2. The molecule has 0 bridgehead atoms. The van der Waals surface area contributed by atoms with Crippen LogP contribution in [-0.4, -0.2) is 39.0 Å². The van der Waals surface area contributed by atoms with Crippen molar-refractivity contribution in [3.05, 3.63) is 64.2 Å². The molecule has 2 aromatic carbocycles. The van der Waals surface area contributed by atoms with E-state index in [9.17, 15) is 20.1 Å². The summed E-state index contributed by atoms with van der Waals surface area (Å²) < 4.78 is 0. The number of hydrogen-bond donors (Lipinski definition) is 5. The van der Waals surface area contributed by atoms with Crippen molar-refractivity contribution in [2.24, 2.45) is 0 Å². The Kier molecular flexibility index (Phi) is 7.85. The number of fused-ring (bicyclic) bond motifs is 1. The number of unbranched alkanes of at least 4 members (excludes halogenated alkanes) is 1. The summed E-state index contributed by atoms with van der Waals surface area (Å²) in [6.45, 7) is 0.141. The summed E-state index contributed by atoms with van der Waals surface area (Å²) in [5.41, 5.74) is 5.03. The molecule has 1 aliphatic carbocycles. The van der Waals surface area contributed by atoms with E-state index in [1.807, 2.05) is 0 Å². The van der Waals surface area contributed by atoms with Gasteiger partial charge in [0, 0.05) is 24.6 Å². The molecule has 6 heteroatoms. The van der Waals surface area contributed by atoms with Gasteiger partial charge in [0.15, 0.2) is 0 Å². The molecule has 5 N–H and O–H groups in total. The normalized spacial score (nSPS) is 16.8. The average Bonchev–Trinajstić information content (AvgIpc) is 2.75. The summed E-state index contributed by atoms with van der Waals surface area (Å²) in [6, 6.07) is 11.7. The van der Waals surface area contributed by atoms with E-state index in [1.165, 1.54) is 22.8 Å². The Bertz CT molecular complexity index is 867. The summed E-state index contributed by atoms with van der Waals surface area (Å²) in [4.78, 5) is 10.6. The smallest absolute Gasteiger partial charge is 0.303 e. The number of phenols is 1. The molecule has 0 aliphatic heterocycles. The van der Waals surface area contributed by atoms with Gasteiger partial charge in [-0.05, 0) is 72.9 Å². The maximum Gasteiger partial charge on any atom is 0.303 e. The number of carbonyl (C=O) groups is 1. The van der Waals surface area contributed by atoms with E-state index in [1.54, 1.807) is 12.1 Å². The fraction of sp³-hybridized carbons (Fsp3) is 0.458. The van der Waals surface area contributed by atoms with Crippen LogP contribution in [-0.2, 0) is 30.7 Å². The van der Waals surface area contributed by atoms with Gasteiger partial charge >= 0.3 is 5.97 Å². The fourth-order valence-corrected chi connectivity index (χ4v) is 4.08. The summed E-state index contributed by atoms with van der Waals surface area (Å²) >= 11 is 0. The number of hydrogen-bond acceptors (Lipinski definition) is 5. The van der Waals surface area contributed by atoms with Gasteiger partial charge in [-0.2, -0.15) is 0 Å². The van der Waals surface area contributed by atoms with Crippen molar-refractivity contribution < 1.29 is 25.2 Å². The molecule has 0 saturated carbocycles. The Morgan fingerprint density at radius 2 is 1.97 bits per heavy atom. The standard InChI is InChI=1S/C24H31NO5/c26-15-20-12-18(8-10-22(20)27)23(28)14-25-21-9-7-17-6-5-16(11-19(17)13-21)3-1-2-4-24(29)30/h5-6,8,10-12,21,23,25-28H,1-4,7,9,13-15H2,(H,29,30)/t21-,23?/m0/s1. The Balaban J connectivity index is 1.53. The van der Waals surface area contributed by atoms with Gasteiger partial charge in [0.1, 0.15) is 5.75 Å². The highest BCUT2D eigenvalue weighted by Crippen LogP contribution is 2.25. The first kappa shape index (κ1) is 22.3. The highest BCUT2D eigenvalue weighted by molar-refractivity contribution is 5.66. The van der Waals surface area contributed by atoms with Gasteiger partial charge in [-0.25, -0.2) is 0 Å². The number of aliphatic carboxylic acids is 1. The number of aliphatic hydroxyl groups excluding tert-OH is 2. The van der Waals surface area contributed by atoms with E-state index >= 15 is 0 Å². The van der Waals surface area contributed by atoms with Gasteiger partial charge in [-0.3, -0.25) is 4.79 Å². The SMILES string of the molecule is O=C(O)CCCCc1ccc2c(c1)C[C@@H](NCC(O)c1ccc(O)c(CO)c1)CC2. The first-order valence-electron chi connectivity index (χ1n) is 10.6. The molecule has 2 atom stereocenters. The van der Waals surface area contributed by atoms with Gasteiger partial charge in [0.25, 0.3) is 0 Å². The summed E-state index contributed by atoms with van der Waals surface area (Å²) in [6.07, 6.45) is 4.89. The Morgan fingerprint density at radius 1 is 1.13 bits per heavy atom. The highest BCUT2D eigenvalue weighted by Gasteiger charge is 2.20. The van der Waals surface area contributed by atoms with Gasteiger partial charge in [0.2, 0.25) is 0 Å². The van der Waals surface area contributed by atoms with E-state index in [2.05, 4.69) is 23.5 Å². The largest absolute Gasteiger partial charge is 0.508 e. The molecule has 3 rings (SSSR count). The molecule has 0 spiro atoms. The minimum absolute atomic E-state index is 0.0315. The Morgan fingerprint density at radius 3 is 2.73 bits per heavy atom. The molecule has 162 valence electrons. The van der Waals surface area contributed by atoms with Crippen LogP contribution in [0.2, 0.25) is 0 Å². The van der Waals surface area contributed by atoms with Crippen LogP contribution >= 0.6 is 0 Å². The second-order valence-corrected chi connectivity index (χ2v) is 8.11. The zero-order chi connectivity index (χ0) is 21.5. The maximum absolute atomic E-state index is 10.6. The summed E-state index contributed by atoms with van der Waals surface area (Å²) in [7, 11) is 0. The monoisotopic (exact) mass is 413 g/mol. The lowest BCUT2D eigenvalue weighted by molar-refractivity contribution is -0.137. The second-order valence-electron chi connectivity index (χ2n) is 8.11. The van der Waals surface area contributed by atoms with Crippen molar-refractivity contribution in [3.63, 3.8) is 0 Å². The first-order valence-corrected chi connectivity index (χ1v) is 10.6. The molecule has 6 nitrogen and oxygen atoms in total. The van der Waals surface area contributed by atoms with E-state index in [4.69, 9.17) is 5.11 Å². The lowest BCUT2D eigenvalue weighted by Crippen LogP contribution is -2.37. The molecule has 1 aliphatic rings. The van der Waals surface area contributed by atoms with Crippen molar-refractivity contribution in [3.8, 4) is 5.75 Å². The quantitative estimate of drug-likeness (QED) is 0.383. The predicted octanol–water partition coefficient (Wildman–Crippen LogP) is 2.86. The molecule has 0 amide bonds. The molecule has 0 saturated heterocycles. The molecule has 0 fully saturated rings. The van der Waals surface area contributed by atoms with Crippen LogP contribution in [0.3, 0.4) is 0 Å². The minimum Gasteiger partial charge on any atom is -0.508 e. The van der Waals surface area contributed by atoms with Crippen molar-refractivity contribution >= 4 is 5.97 Å². The number of nitrogens with one attached hydrogen (secondary N) is 1. The van der Waals surface area contributed by atoms with Crippen LogP contribution in [0.5, 0.6) is 5.75 Å². The lowest BCUT2D eigenvalue weighted by Gasteiger charge is -2.27. The third-order valence-corrected chi connectivity index (χ3v) is 5.86. The van der Waals surface area contributed by atoms with Gasteiger partial charge < -0.3 is 25.7 Å². The van der Waals surface area contributed by atoms with Crippen LogP contribution in [0.15, 0.2) is 36.4 Å². The Hall–Kier alpha value is -2.41. The first-order chi connectivity index (χ1) is 14.5. The van der Waals surface area contributed by atoms with Crippen molar-refractivity contribution in [1.29, 1.82) is 0 Å². The number of benzene rings is 2. The van der Waals surface area contributed by atoms with Crippen LogP contribution in [0.4, 0.5) is 0 Å². The number of carboxylic acids is 1. The number of carboxylic acid groups (broad SMARTS) is 1. The van der Waals surface area contributed by atoms with E-state index in [0.717, 1.165) is 32.1 Å². The maximum atomic E-state index is 10.6. The number of rotatable bonds is 10. The Labute approximate surface area is 177 Å². The van der Waals surface area contributed by atoms with Gasteiger partial charge in [-0.1, -0.05) is 24.3 Å². The predicted molar refractivity (Wildman–Crippen MR) is 114 cm³/mol. The van der Waals surface area contributed by atoms with E-state index in [0.29, 0.717) is 24.1 Å². The van der Waals surface area contributed by atoms with E-state index < -0.39 is 12.1 Å². The molecule has 0 heterocycles. The molecule has 0 aromatic heterocycles. The van der Waals surface area contributed by atoms with Crippen LogP contribution in [0.1, 0.15) is 59.6 Å². The third-order valence-electron chi connectivity index (χ3n) is 5.86. The van der Waals surface area contributed by atoms with Crippen LogP contribution in [0, 0.1) is 0 Å². The highest BCUT2D eigenvalue weighted by atomic mass is 16.4. The summed E-state index contributed by atoms with van der Waals surface area (Å²) in [5, 5.41) is 41.7. The van der Waals surface area contributed by atoms with Crippen LogP contribution in [0.25, 0.3) is 0 Å². The zero-order valence-corrected chi connectivity index (χ0v) is 17.2. The molecule has 30 heavy (non-hydrogen) atoms. The van der Waals surface area contributed by atoms with Crippen molar-refractivity contribution in [2.75, 3.05) is 6.54 Å². The number of aromatic hydroxyl groups is 1. The van der Waals surface area contributed by atoms with Crippen molar-refractivity contribution in [2.45, 2.75) is 63.7 Å². The van der Waals surface area contributed by atoms with E-state index in [-0.39, 0.29) is 24.8 Å². The van der Waals surface area contributed by atoms with Crippen molar-refractivity contribution in [1.82, 2.24) is 5.32 Å². The molecule has 1 unspecified atom stereocenters. The molecule has 0 radical (unpaired) electrons. The van der Waals surface area contributed by atoms with Gasteiger partial charge in [-0.15, -0.1) is 0 Å². The number of aliphatic hydroxyl groups is 2. The average molecular weight is 414 g/mol.